The van der Waals surface area contributed by atoms with Crippen LogP contribution in [0.1, 0.15) is 75.8 Å². The fourth-order valence-electron chi connectivity index (χ4n) is 9.18. The molecule has 5 fully saturated rings. The number of nitrogens with zero attached hydrogens (tertiary/aromatic N) is 1. The van der Waals surface area contributed by atoms with Gasteiger partial charge < -0.3 is 4.90 Å². The Bertz CT molecular complexity index is 944. The second-order valence-electron chi connectivity index (χ2n) is 12.8. The van der Waals surface area contributed by atoms with Crippen LogP contribution in [0.15, 0.2) is 54.6 Å². The van der Waals surface area contributed by atoms with E-state index in [4.69, 9.17) is 11.6 Å². The molecule has 3 atom stereocenters. The van der Waals surface area contributed by atoms with Crippen molar-refractivity contribution in [3.05, 3.63) is 70.7 Å². The summed E-state index contributed by atoms with van der Waals surface area (Å²) in [6.07, 6.45) is 14.3. The molecule has 1 aliphatic heterocycles. The average molecular weight is 476 g/mol. The minimum Gasteiger partial charge on any atom is -0.303 e. The van der Waals surface area contributed by atoms with Crippen LogP contribution in [0.2, 0.25) is 5.02 Å². The molecule has 0 radical (unpaired) electrons. The first kappa shape index (κ1) is 23.1. The summed E-state index contributed by atoms with van der Waals surface area (Å²) >= 11 is 6.26. The molecule has 0 spiro atoms. The fourth-order valence-corrected chi connectivity index (χ4v) is 9.30. The molecule has 0 amide bonds. The number of hydrogen-bond donors (Lipinski definition) is 0. The second-order valence-corrected chi connectivity index (χ2v) is 13.2. The molecule has 1 heterocycles. The number of halogens is 1. The fraction of sp³-hybridized carbons (Fsp3) is 0.625. The molecule has 1 nitrogen and oxygen atoms in total. The van der Waals surface area contributed by atoms with Crippen molar-refractivity contribution < 1.29 is 0 Å². The Morgan fingerprint density at radius 3 is 2.26 bits per heavy atom. The Morgan fingerprint density at radius 2 is 1.59 bits per heavy atom. The third-order valence-corrected chi connectivity index (χ3v) is 10.8. The molecule has 3 unspecified atom stereocenters. The summed E-state index contributed by atoms with van der Waals surface area (Å²) in [6, 6.07) is 20.0. The van der Waals surface area contributed by atoms with E-state index in [2.05, 4.69) is 66.4 Å². The second kappa shape index (κ2) is 9.29. The highest BCUT2D eigenvalue weighted by Gasteiger charge is 2.59. The number of hydrogen-bond acceptors (Lipinski definition) is 1. The van der Waals surface area contributed by atoms with Crippen LogP contribution in [-0.2, 0) is 11.8 Å². The highest BCUT2D eigenvalue weighted by Crippen LogP contribution is 2.68. The maximum Gasteiger partial charge on any atom is 0.0406 e. The van der Waals surface area contributed by atoms with E-state index in [9.17, 15) is 0 Å². The van der Waals surface area contributed by atoms with Crippen molar-refractivity contribution in [1.29, 1.82) is 0 Å². The van der Waals surface area contributed by atoms with E-state index in [0.717, 1.165) is 28.7 Å². The van der Waals surface area contributed by atoms with Gasteiger partial charge in [-0.3, -0.25) is 0 Å². The molecule has 4 bridgehead atoms. The lowest BCUT2D eigenvalue weighted by Gasteiger charge is -2.64. The van der Waals surface area contributed by atoms with Crippen molar-refractivity contribution in [2.75, 3.05) is 19.6 Å². The van der Waals surface area contributed by atoms with Gasteiger partial charge in [0.1, 0.15) is 0 Å². The summed E-state index contributed by atoms with van der Waals surface area (Å²) in [6.45, 7) is 6.47. The van der Waals surface area contributed by atoms with Crippen LogP contribution in [0.4, 0.5) is 0 Å². The summed E-state index contributed by atoms with van der Waals surface area (Å²) in [5, 5.41) is 0.881. The van der Waals surface area contributed by atoms with Crippen molar-refractivity contribution >= 4 is 11.6 Å². The lowest BCUT2D eigenvalue weighted by Crippen LogP contribution is -2.56. The Kier molecular flexibility index (Phi) is 6.31. The smallest absolute Gasteiger partial charge is 0.0406 e. The third-order valence-electron chi connectivity index (χ3n) is 10.6. The van der Waals surface area contributed by atoms with Gasteiger partial charge in [0.25, 0.3) is 0 Å². The summed E-state index contributed by atoms with van der Waals surface area (Å²) < 4.78 is 0. The SMILES string of the molecule is CC(CC1CCN(CCc2ccccc2)CC1)C12CC3CC(CC(c4ccc(Cl)cc4)(C3)C1)C2. The van der Waals surface area contributed by atoms with E-state index in [-0.39, 0.29) is 0 Å². The minimum atomic E-state index is 0.434. The molecule has 34 heavy (non-hydrogen) atoms. The minimum absolute atomic E-state index is 0.434. The van der Waals surface area contributed by atoms with Crippen molar-refractivity contribution in [2.24, 2.45) is 29.1 Å². The molecule has 1 saturated heterocycles. The lowest BCUT2D eigenvalue weighted by atomic mass is 9.40. The molecule has 0 aromatic heterocycles. The van der Waals surface area contributed by atoms with Gasteiger partial charge in [-0.15, -0.1) is 0 Å². The van der Waals surface area contributed by atoms with Crippen molar-refractivity contribution in [2.45, 2.75) is 76.5 Å². The van der Waals surface area contributed by atoms with Gasteiger partial charge >= 0.3 is 0 Å². The van der Waals surface area contributed by atoms with Crippen molar-refractivity contribution in [1.82, 2.24) is 4.90 Å². The maximum absolute atomic E-state index is 6.26. The van der Waals surface area contributed by atoms with E-state index in [0.29, 0.717) is 10.8 Å². The first-order valence-electron chi connectivity index (χ1n) is 14.0. The van der Waals surface area contributed by atoms with E-state index in [1.54, 1.807) is 5.56 Å². The van der Waals surface area contributed by atoms with Gasteiger partial charge in [-0.25, -0.2) is 0 Å². The topological polar surface area (TPSA) is 3.24 Å². The quantitative estimate of drug-likeness (QED) is 0.390. The van der Waals surface area contributed by atoms with E-state index in [1.165, 1.54) is 89.4 Å². The van der Waals surface area contributed by atoms with Crippen LogP contribution in [-0.4, -0.2) is 24.5 Å². The van der Waals surface area contributed by atoms with Crippen molar-refractivity contribution in [3.63, 3.8) is 0 Å². The van der Waals surface area contributed by atoms with Gasteiger partial charge in [-0.1, -0.05) is 61.0 Å². The Balaban J connectivity index is 1.08. The van der Waals surface area contributed by atoms with Gasteiger partial charge in [0, 0.05) is 11.6 Å². The highest BCUT2D eigenvalue weighted by atomic mass is 35.5. The number of rotatable bonds is 7. The molecule has 4 aliphatic carbocycles. The van der Waals surface area contributed by atoms with Gasteiger partial charge in [0.15, 0.2) is 0 Å². The predicted molar refractivity (Wildman–Crippen MR) is 143 cm³/mol. The molecule has 0 N–H and O–H groups in total. The van der Waals surface area contributed by atoms with E-state index >= 15 is 0 Å². The van der Waals surface area contributed by atoms with Gasteiger partial charge in [-0.05, 0) is 135 Å². The maximum atomic E-state index is 6.26. The summed E-state index contributed by atoms with van der Waals surface area (Å²) in [4.78, 5) is 2.72. The molecule has 7 rings (SSSR count). The first-order valence-corrected chi connectivity index (χ1v) is 14.4. The highest BCUT2D eigenvalue weighted by molar-refractivity contribution is 6.30. The summed E-state index contributed by atoms with van der Waals surface area (Å²) in [5.41, 5.74) is 4.10. The zero-order valence-electron chi connectivity index (χ0n) is 21.0. The molecule has 2 aromatic rings. The summed E-state index contributed by atoms with van der Waals surface area (Å²) in [7, 11) is 0. The molecule has 4 saturated carbocycles. The van der Waals surface area contributed by atoms with Crippen LogP contribution in [0.25, 0.3) is 0 Å². The van der Waals surface area contributed by atoms with Gasteiger partial charge in [0.2, 0.25) is 0 Å². The third kappa shape index (κ3) is 4.48. The van der Waals surface area contributed by atoms with Crippen molar-refractivity contribution in [3.8, 4) is 0 Å². The number of benzene rings is 2. The standard InChI is InChI=1S/C32H42ClN/c1-24(17-26-12-15-34(16-13-26)14-11-25-5-3-2-4-6-25)31-19-27-18-28(20-31)22-32(21-27,23-31)29-7-9-30(33)10-8-29/h2-10,24,26-28H,11-23H2,1H3. The van der Waals surface area contributed by atoms with Crippen LogP contribution in [0.3, 0.4) is 0 Å². The lowest BCUT2D eigenvalue weighted by molar-refractivity contribution is -0.105. The van der Waals surface area contributed by atoms with Gasteiger partial charge in [-0.2, -0.15) is 0 Å². The predicted octanol–water partition coefficient (Wildman–Crippen LogP) is 8.16. The zero-order valence-corrected chi connectivity index (χ0v) is 21.8. The first-order chi connectivity index (χ1) is 16.5. The largest absolute Gasteiger partial charge is 0.303 e. The van der Waals surface area contributed by atoms with E-state index in [1.807, 2.05) is 0 Å². The van der Waals surface area contributed by atoms with Gasteiger partial charge in [0.05, 0.1) is 0 Å². The normalized spacial score (nSPS) is 34.4. The van der Waals surface area contributed by atoms with E-state index < -0.39 is 0 Å². The molecule has 2 heteroatoms. The molecule has 2 aromatic carbocycles. The Morgan fingerprint density at radius 1 is 0.912 bits per heavy atom. The summed E-state index contributed by atoms with van der Waals surface area (Å²) in [5.74, 6) is 3.71. The molecular weight excluding hydrogens is 434 g/mol. The number of likely N-dealkylation sites (tertiary alicyclic amines) is 1. The number of piperidine rings is 1. The van der Waals surface area contributed by atoms with Crippen LogP contribution in [0.5, 0.6) is 0 Å². The Hall–Kier alpha value is -1.31. The zero-order chi connectivity index (χ0) is 23.2. The molecular formula is C32H42ClN. The monoisotopic (exact) mass is 475 g/mol. The van der Waals surface area contributed by atoms with Crippen LogP contribution < -0.4 is 0 Å². The van der Waals surface area contributed by atoms with Crippen LogP contribution in [0, 0.1) is 29.1 Å². The molecule has 182 valence electrons. The van der Waals surface area contributed by atoms with Crippen LogP contribution >= 0.6 is 11.6 Å². The Labute approximate surface area is 212 Å². The average Bonchev–Trinajstić information content (AvgIpc) is 2.84. The molecule has 5 aliphatic rings.